The van der Waals surface area contributed by atoms with Gasteiger partial charge in [-0.2, -0.15) is 0 Å². The average molecular weight is 806 g/mol. The van der Waals surface area contributed by atoms with Gasteiger partial charge in [-0.25, -0.2) is 0 Å². The van der Waals surface area contributed by atoms with Gasteiger partial charge in [0.1, 0.15) is 11.2 Å². The van der Waals surface area contributed by atoms with E-state index in [-0.39, 0.29) is 0 Å². The highest BCUT2D eigenvalue weighted by Crippen LogP contribution is 2.65. The zero-order valence-corrected chi connectivity index (χ0v) is 34.3. The molecule has 0 fully saturated rings. The van der Waals surface area contributed by atoms with E-state index in [0.29, 0.717) is 0 Å². The van der Waals surface area contributed by atoms with Crippen LogP contribution in [-0.2, 0) is 5.41 Å². The minimum absolute atomic E-state index is 0.466. The molecule has 0 radical (unpaired) electrons. The Morgan fingerprint density at radius 3 is 1.77 bits per heavy atom. The van der Waals surface area contributed by atoms with E-state index in [1.807, 2.05) is 11.3 Å². The van der Waals surface area contributed by atoms with Gasteiger partial charge in [-0.15, -0.1) is 11.3 Å². The van der Waals surface area contributed by atoms with Crippen molar-refractivity contribution in [2.75, 3.05) is 4.90 Å². The average Bonchev–Trinajstić information content (AvgIpc) is 4.07. The molecule has 0 amide bonds. The third-order valence-electron chi connectivity index (χ3n) is 13.7. The normalized spacial score (nSPS) is 13.3. The number of thiophene rings is 1. The van der Waals surface area contributed by atoms with Crippen molar-refractivity contribution < 1.29 is 4.42 Å². The fourth-order valence-electron chi connectivity index (χ4n) is 11.2. The molecule has 62 heavy (non-hydrogen) atoms. The van der Waals surface area contributed by atoms with Crippen LogP contribution in [0.15, 0.2) is 217 Å². The molecular weight excluding hydrogens is 771 g/mol. The molecule has 12 aromatic rings. The molecule has 0 N–H and O–H groups in total. The molecule has 1 spiro atoms. The Morgan fingerprint density at radius 2 is 0.984 bits per heavy atom. The lowest BCUT2D eigenvalue weighted by Crippen LogP contribution is -2.26. The van der Waals surface area contributed by atoms with E-state index in [9.17, 15) is 0 Å². The number of furan rings is 1. The van der Waals surface area contributed by atoms with Crippen molar-refractivity contribution in [3.63, 3.8) is 0 Å². The number of fused-ring (bicyclic) bond motifs is 18. The molecule has 10 aromatic carbocycles. The molecule has 2 aliphatic rings. The minimum Gasteiger partial charge on any atom is -0.455 e. The molecular formula is C59H35NOS. The number of hydrogen-bond acceptors (Lipinski definition) is 3. The van der Waals surface area contributed by atoms with Crippen LogP contribution in [0.25, 0.3) is 86.3 Å². The van der Waals surface area contributed by atoms with Gasteiger partial charge in [0.2, 0.25) is 0 Å². The monoisotopic (exact) mass is 805 g/mol. The summed E-state index contributed by atoms with van der Waals surface area (Å²) in [5.41, 5.74) is 17.5. The summed E-state index contributed by atoms with van der Waals surface area (Å²) in [6.07, 6.45) is 0. The summed E-state index contributed by atoms with van der Waals surface area (Å²) in [6.45, 7) is 0. The number of para-hydroxylation sites is 1. The maximum absolute atomic E-state index is 7.00. The fraction of sp³-hybridized carbons (Fsp3) is 0.0169. The second-order valence-corrected chi connectivity index (χ2v) is 17.7. The van der Waals surface area contributed by atoms with Crippen LogP contribution in [0.3, 0.4) is 0 Å². The molecule has 0 bridgehead atoms. The van der Waals surface area contributed by atoms with Gasteiger partial charge in [0.15, 0.2) is 0 Å². The van der Waals surface area contributed by atoms with E-state index in [0.717, 1.165) is 39.0 Å². The van der Waals surface area contributed by atoms with Crippen molar-refractivity contribution >= 4 is 81.3 Å². The summed E-state index contributed by atoms with van der Waals surface area (Å²) < 4.78 is 9.45. The second-order valence-electron chi connectivity index (χ2n) is 16.7. The summed E-state index contributed by atoms with van der Waals surface area (Å²) >= 11 is 1.84. The van der Waals surface area contributed by atoms with E-state index in [1.54, 1.807) is 0 Å². The Hall–Kier alpha value is -7.72. The first-order valence-corrected chi connectivity index (χ1v) is 22.2. The topological polar surface area (TPSA) is 16.4 Å². The van der Waals surface area contributed by atoms with Crippen LogP contribution >= 0.6 is 11.3 Å². The van der Waals surface area contributed by atoms with Crippen LogP contribution in [-0.4, -0.2) is 0 Å². The summed E-state index contributed by atoms with van der Waals surface area (Å²) in [5.74, 6) is 0. The van der Waals surface area contributed by atoms with E-state index in [2.05, 4.69) is 217 Å². The van der Waals surface area contributed by atoms with Gasteiger partial charge in [0.05, 0.1) is 22.2 Å². The van der Waals surface area contributed by atoms with Gasteiger partial charge in [-0.3, -0.25) is 0 Å². The first-order chi connectivity index (χ1) is 30.8. The van der Waals surface area contributed by atoms with Crippen LogP contribution in [0, 0.1) is 0 Å². The third-order valence-corrected chi connectivity index (χ3v) is 14.8. The van der Waals surface area contributed by atoms with Gasteiger partial charge in [0, 0.05) is 36.8 Å². The highest BCUT2D eigenvalue weighted by molar-refractivity contribution is 7.26. The first-order valence-electron chi connectivity index (χ1n) is 21.3. The van der Waals surface area contributed by atoms with Crippen LogP contribution in [0.1, 0.15) is 22.3 Å². The van der Waals surface area contributed by atoms with Crippen molar-refractivity contribution in [3.8, 4) is 33.4 Å². The zero-order valence-electron chi connectivity index (χ0n) is 33.5. The second kappa shape index (κ2) is 12.7. The maximum atomic E-state index is 7.00. The van der Waals surface area contributed by atoms with Gasteiger partial charge in [-0.1, -0.05) is 176 Å². The SMILES string of the molecule is c1ccc2c(c1)-c1ccccc1C21c2ccccc2-c2c(N(c3ccc(-c4cccc5ccccc45)cc3)c3cc4sc5ccccc5c4c4oc5ccccc5c34)cccc21. The van der Waals surface area contributed by atoms with Crippen LogP contribution < -0.4 is 4.90 Å². The van der Waals surface area contributed by atoms with Crippen LogP contribution in [0.5, 0.6) is 0 Å². The van der Waals surface area contributed by atoms with E-state index >= 15 is 0 Å². The van der Waals surface area contributed by atoms with Gasteiger partial charge in [-0.05, 0) is 97.2 Å². The van der Waals surface area contributed by atoms with Crippen molar-refractivity contribution in [2.24, 2.45) is 0 Å². The van der Waals surface area contributed by atoms with Crippen molar-refractivity contribution in [1.82, 2.24) is 0 Å². The molecule has 0 saturated heterocycles. The Balaban J connectivity index is 1.10. The molecule has 0 atom stereocenters. The molecule has 2 aliphatic carbocycles. The van der Waals surface area contributed by atoms with E-state index in [1.165, 1.54) is 86.6 Å². The largest absolute Gasteiger partial charge is 0.455 e. The van der Waals surface area contributed by atoms with Crippen molar-refractivity contribution in [1.29, 1.82) is 0 Å². The molecule has 288 valence electrons. The van der Waals surface area contributed by atoms with Crippen molar-refractivity contribution in [3.05, 3.63) is 235 Å². The number of benzene rings is 10. The van der Waals surface area contributed by atoms with Gasteiger partial charge in [0.25, 0.3) is 0 Å². The molecule has 3 heteroatoms. The highest BCUT2D eigenvalue weighted by atomic mass is 32.1. The third kappa shape index (κ3) is 4.42. The molecule has 0 aliphatic heterocycles. The Morgan fingerprint density at radius 1 is 0.403 bits per heavy atom. The van der Waals surface area contributed by atoms with E-state index in [4.69, 9.17) is 4.42 Å². The first kappa shape index (κ1) is 34.0. The number of hydrogen-bond donors (Lipinski definition) is 0. The highest BCUT2D eigenvalue weighted by Gasteiger charge is 2.52. The number of nitrogens with zero attached hydrogens (tertiary/aromatic N) is 1. The smallest absolute Gasteiger partial charge is 0.146 e. The lowest BCUT2D eigenvalue weighted by Gasteiger charge is -2.32. The lowest BCUT2D eigenvalue weighted by molar-refractivity contribution is 0.673. The molecule has 14 rings (SSSR count). The van der Waals surface area contributed by atoms with Crippen LogP contribution in [0.2, 0.25) is 0 Å². The maximum Gasteiger partial charge on any atom is 0.146 e. The molecule has 0 unspecified atom stereocenters. The van der Waals surface area contributed by atoms with E-state index < -0.39 is 5.41 Å². The summed E-state index contributed by atoms with van der Waals surface area (Å²) in [6, 6.07) is 78.5. The number of anilines is 3. The van der Waals surface area contributed by atoms with Gasteiger partial charge < -0.3 is 9.32 Å². The molecule has 2 heterocycles. The molecule has 2 nitrogen and oxygen atoms in total. The summed E-state index contributed by atoms with van der Waals surface area (Å²) in [5, 5.41) is 7.11. The summed E-state index contributed by atoms with van der Waals surface area (Å²) in [4.78, 5) is 2.53. The zero-order chi connectivity index (χ0) is 40.5. The predicted molar refractivity (Wildman–Crippen MR) is 261 cm³/mol. The van der Waals surface area contributed by atoms with Gasteiger partial charge >= 0.3 is 0 Å². The van der Waals surface area contributed by atoms with Crippen LogP contribution in [0.4, 0.5) is 17.1 Å². The Kier molecular flexibility index (Phi) is 6.95. The summed E-state index contributed by atoms with van der Waals surface area (Å²) in [7, 11) is 0. The standard InChI is InChI=1S/C59H35NOS/c1-2-17-39-36(15-1)16-13-23-40(39)37-31-33-38(34-32-37)60(51-35-54-57(45-22-7-12-30-53(45)62-54)58-56(51)44-21-6-11-29-52(44)61-58)50-28-14-27-49-55(50)43-20-5-10-26-48(43)59(49)46-24-8-3-18-41(46)42-19-4-9-25-47(42)59/h1-35H. The quantitative estimate of drug-likeness (QED) is 0.176. The van der Waals surface area contributed by atoms with Crippen molar-refractivity contribution in [2.45, 2.75) is 5.41 Å². The number of rotatable bonds is 4. The predicted octanol–water partition coefficient (Wildman–Crippen LogP) is 16.6. The Bertz CT molecular complexity index is 3780. The Labute approximate surface area is 362 Å². The lowest BCUT2D eigenvalue weighted by atomic mass is 9.70. The molecule has 2 aromatic heterocycles. The molecule has 0 saturated carbocycles. The fourth-order valence-corrected chi connectivity index (χ4v) is 12.4. The minimum atomic E-state index is -0.466.